The van der Waals surface area contributed by atoms with E-state index in [2.05, 4.69) is 27.4 Å². The summed E-state index contributed by atoms with van der Waals surface area (Å²) in [6.45, 7) is 10.0. The minimum Gasteiger partial charge on any atom is -0.342 e. The van der Waals surface area contributed by atoms with Crippen LogP contribution in [0.1, 0.15) is 40.3 Å². The molecule has 3 rings (SSSR count). The average Bonchev–Trinajstić information content (AvgIpc) is 3.17. The number of allylic oxidation sites excluding steroid dienone is 1. The van der Waals surface area contributed by atoms with Crippen LogP contribution >= 0.6 is 11.8 Å². The predicted octanol–water partition coefficient (Wildman–Crippen LogP) is 4.30. The Kier molecular flexibility index (Phi) is 7.83. The molecule has 0 radical (unpaired) electrons. The maximum absolute atomic E-state index is 12.6. The van der Waals surface area contributed by atoms with Crippen molar-refractivity contribution in [2.24, 2.45) is 0 Å². The second-order valence-electron chi connectivity index (χ2n) is 7.46. The van der Waals surface area contributed by atoms with Gasteiger partial charge in [0.1, 0.15) is 0 Å². The highest BCUT2D eigenvalue weighted by molar-refractivity contribution is 7.99. The van der Waals surface area contributed by atoms with Crippen LogP contribution in [0.3, 0.4) is 0 Å². The zero-order valence-corrected chi connectivity index (χ0v) is 19.3. The lowest BCUT2D eigenvalue weighted by Gasteiger charge is -2.15. The summed E-state index contributed by atoms with van der Waals surface area (Å²) in [5, 5.41) is 15.0. The van der Waals surface area contributed by atoms with Crippen LogP contribution in [0, 0.1) is 13.8 Å². The van der Waals surface area contributed by atoms with E-state index >= 15 is 0 Å². The number of nitrogens with zero attached hydrogens (tertiary/aromatic N) is 3. The van der Waals surface area contributed by atoms with Gasteiger partial charge in [0.25, 0.3) is 5.91 Å². The van der Waals surface area contributed by atoms with Gasteiger partial charge in [0.2, 0.25) is 5.91 Å². The number of nitrogens with one attached hydrogen (secondary N) is 2. The van der Waals surface area contributed by atoms with Crippen molar-refractivity contribution >= 4 is 29.3 Å². The number of carbonyl (C=O) groups excluding carboxylic acids is 2. The maximum atomic E-state index is 12.6. The first-order chi connectivity index (χ1) is 15.4. The van der Waals surface area contributed by atoms with E-state index in [9.17, 15) is 9.59 Å². The summed E-state index contributed by atoms with van der Waals surface area (Å²) in [6.07, 6.45) is 1.74. The van der Waals surface area contributed by atoms with Crippen LogP contribution in [-0.4, -0.2) is 32.3 Å². The number of hydrogen-bond acceptors (Lipinski definition) is 5. The summed E-state index contributed by atoms with van der Waals surface area (Å²) in [6, 6.07) is 14.7. The van der Waals surface area contributed by atoms with E-state index in [1.165, 1.54) is 11.8 Å². The van der Waals surface area contributed by atoms with E-state index in [1.807, 2.05) is 67.8 Å². The van der Waals surface area contributed by atoms with Crippen molar-refractivity contribution in [1.29, 1.82) is 0 Å². The fraction of sp³-hybridized carbons (Fsp3) is 0.250. The van der Waals surface area contributed by atoms with Crippen LogP contribution in [-0.2, 0) is 11.3 Å². The third-order valence-corrected chi connectivity index (χ3v) is 5.79. The number of carbonyl (C=O) groups is 2. The summed E-state index contributed by atoms with van der Waals surface area (Å²) in [5.41, 5.74) is 3.40. The molecule has 32 heavy (non-hydrogen) atoms. The van der Waals surface area contributed by atoms with Gasteiger partial charge in [-0.15, -0.1) is 16.8 Å². The van der Waals surface area contributed by atoms with Crippen molar-refractivity contribution < 1.29 is 9.59 Å². The summed E-state index contributed by atoms with van der Waals surface area (Å²) >= 11 is 1.29. The Morgan fingerprint density at radius 2 is 1.94 bits per heavy atom. The molecule has 2 amide bonds. The topological polar surface area (TPSA) is 88.9 Å². The van der Waals surface area contributed by atoms with E-state index in [4.69, 9.17) is 0 Å². The highest BCUT2D eigenvalue weighted by atomic mass is 32.2. The van der Waals surface area contributed by atoms with Crippen LogP contribution in [0.25, 0.3) is 0 Å². The molecule has 0 aliphatic carbocycles. The van der Waals surface area contributed by atoms with Crippen molar-refractivity contribution in [2.45, 2.75) is 38.5 Å². The summed E-state index contributed by atoms with van der Waals surface area (Å²) in [5.74, 6) is 0.488. The third-order valence-electron chi connectivity index (χ3n) is 4.82. The lowest BCUT2D eigenvalue weighted by Crippen LogP contribution is -2.29. The van der Waals surface area contributed by atoms with Crippen LogP contribution < -0.4 is 10.6 Å². The SMILES string of the molecule is C=CCn1c(SCC(=O)Nc2ccccc2C)nnc1[C@H](C)NC(=O)c1cccc(C)c1. The Morgan fingerprint density at radius 1 is 1.16 bits per heavy atom. The smallest absolute Gasteiger partial charge is 0.251 e. The first-order valence-electron chi connectivity index (χ1n) is 10.3. The van der Waals surface area contributed by atoms with Crippen LogP contribution in [0.5, 0.6) is 0 Å². The van der Waals surface area contributed by atoms with E-state index in [1.54, 1.807) is 12.1 Å². The molecule has 0 aliphatic rings. The summed E-state index contributed by atoms with van der Waals surface area (Å²) in [7, 11) is 0. The second-order valence-corrected chi connectivity index (χ2v) is 8.40. The lowest BCUT2D eigenvalue weighted by molar-refractivity contribution is -0.113. The number of benzene rings is 2. The van der Waals surface area contributed by atoms with Gasteiger partial charge < -0.3 is 15.2 Å². The zero-order valence-electron chi connectivity index (χ0n) is 18.5. The Bertz CT molecular complexity index is 1130. The molecular weight excluding hydrogens is 422 g/mol. The summed E-state index contributed by atoms with van der Waals surface area (Å²) in [4.78, 5) is 25.0. The van der Waals surface area contributed by atoms with Gasteiger partial charge in [-0.2, -0.15) is 0 Å². The maximum Gasteiger partial charge on any atom is 0.251 e. The van der Waals surface area contributed by atoms with Crippen molar-refractivity contribution in [1.82, 2.24) is 20.1 Å². The molecule has 1 heterocycles. The van der Waals surface area contributed by atoms with Crippen LogP contribution in [0.15, 0.2) is 66.3 Å². The van der Waals surface area contributed by atoms with Crippen LogP contribution in [0.4, 0.5) is 5.69 Å². The van der Waals surface area contributed by atoms with Gasteiger partial charge in [0, 0.05) is 17.8 Å². The average molecular weight is 450 g/mol. The summed E-state index contributed by atoms with van der Waals surface area (Å²) < 4.78 is 1.86. The number of amides is 2. The first kappa shape index (κ1) is 23.3. The van der Waals surface area contributed by atoms with Crippen LogP contribution in [0.2, 0.25) is 0 Å². The van der Waals surface area contributed by atoms with E-state index in [-0.39, 0.29) is 23.6 Å². The Labute approximate surface area is 192 Å². The normalized spacial score (nSPS) is 11.6. The molecule has 1 aromatic heterocycles. The minimum absolute atomic E-state index is 0.125. The standard InChI is InChI=1S/C24H27N5O2S/c1-5-13-29-22(18(4)25-23(31)19-11-8-9-16(2)14-19)27-28-24(29)32-15-21(30)26-20-12-7-6-10-17(20)3/h5-12,14,18H,1,13,15H2,2-4H3,(H,25,31)(H,26,30)/t18-/m0/s1. The fourth-order valence-electron chi connectivity index (χ4n) is 3.19. The molecule has 2 N–H and O–H groups in total. The molecule has 166 valence electrons. The fourth-order valence-corrected chi connectivity index (χ4v) is 3.94. The largest absolute Gasteiger partial charge is 0.342 e. The Balaban J connectivity index is 1.67. The van der Waals surface area contributed by atoms with Gasteiger partial charge in [-0.25, -0.2) is 0 Å². The van der Waals surface area contributed by atoms with Crippen molar-refractivity contribution in [3.8, 4) is 0 Å². The van der Waals surface area contributed by atoms with E-state index in [0.717, 1.165) is 16.8 Å². The van der Waals surface area contributed by atoms with Crippen molar-refractivity contribution in [3.05, 3.63) is 83.7 Å². The molecule has 7 nitrogen and oxygen atoms in total. The second kappa shape index (κ2) is 10.8. The molecule has 0 spiro atoms. The number of anilines is 1. The molecule has 8 heteroatoms. The minimum atomic E-state index is -0.370. The third kappa shape index (κ3) is 5.85. The molecular formula is C24H27N5O2S. The Hall–Kier alpha value is -3.39. The van der Waals surface area contributed by atoms with Gasteiger partial charge in [-0.05, 0) is 44.5 Å². The highest BCUT2D eigenvalue weighted by Crippen LogP contribution is 2.22. The molecule has 0 saturated carbocycles. The van der Waals surface area contributed by atoms with Crippen molar-refractivity contribution in [2.75, 3.05) is 11.1 Å². The van der Waals surface area contributed by atoms with E-state index in [0.29, 0.717) is 23.1 Å². The van der Waals surface area contributed by atoms with Gasteiger partial charge in [0.15, 0.2) is 11.0 Å². The van der Waals surface area contributed by atoms with Gasteiger partial charge in [0.05, 0.1) is 11.8 Å². The number of hydrogen-bond donors (Lipinski definition) is 2. The molecule has 2 aromatic carbocycles. The van der Waals surface area contributed by atoms with Crippen molar-refractivity contribution in [3.63, 3.8) is 0 Å². The monoisotopic (exact) mass is 449 g/mol. The molecule has 1 atom stereocenters. The van der Waals surface area contributed by atoms with E-state index < -0.39 is 0 Å². The molecule has 0 bridgehead atoms. The lowest BCUT2D eigenvalue weighted by atomic mass is 10.1. The number of rotatable bonds is 9. The Morgan fingerprint density at radius 3 is 2.66 bits per heavy atom. The number of aryl methyl sites for hydroxylation is 2. The molecule has 0 unspecified atom stereocenters. The molecule has 0 saturated heterocycles. The van der Waals surface area contributed by atoms with Gasteiger partial charge in [-0.1, -0.05) is 53.7 Å². The number of aromatic nitrogens is 3. The zero-order chi connectivity index (χ0) is 23.1. The highest BCUT2D eigenvalue weighted by Gasteiger charge is 2.20. The molecule has 0 aliphatic heterocycles. The predicted molar refractivity (Wildman–Crippen MR) is 128 cm³/mol. The number of thioether (sulfide) groups is 1. The van der Waals surface area contributed by atoms with Gasteiger partial charge >= 0.3 is 0 Å². The quantitative estimate of drug-likeness (QED) is 0.376. The molecule has 0 fully saturated rings. The van der Waals surface area contributed by atoms with Gasteiger partial charge in [-0.3, -0.25) is 9.59 Å². The molecule has 3 aromatic rings. The first-order valence-corrected chi connectivity index (χ1v) is 11.3. The number of para-hydroxylation sites is 1.